The fourth-order valence-electron chi connectivity index (χ4n) is 2.00. The predicted octanol–water partition coefficient (Wildman–Crippen LogP) is 3.32. The van der Waals surface area contributed by atoms with Crippen LogP contribution in [0.2, 0.25) is 5.02 Å². The number of rotatable bonds is 4. The first-order valence-corrected chi connectivity index (χ1v) is 7.43. The zero-order valence-electron chi connectivity index (χ0n) is 11.1. The van der Waals surface area contributed by atoms with Crippen molar-refractivity contribution >= 4 is 44.8 Å². The fraction of sp³-hybridized carbons (Fsp3) is 0.133. The molecule has 0 radical (unpaired) electrons. The molecule has 4 nitrogen and oxygen atoms in total. The average Bonchev–Trinajstić information content (AvgIpc) is 2.44. The number of aliphatic hydroxyl groups excluding tert-OH is 1. The minimum Gasteiger partial charge on any atom is -0.397 e. The SMILES string of the molecule is Nc1ccccc1N(CCO)C(=O)c1cc(Cl)cc(Br)c1. The van der Waals surface area contributed by atoms with E-state index in [1.54, 1.807) is 42.5 Å². The van der Waals surface area contributed by atoms with E-state index < -0.39 is 0 Å². The Balaban J connectivity index is 2.42. The molecule has 0 aliphatic heterocycles. The van der Waals surface area contributed by atoms with E-state index in [0.29, 0.717) is 26.4 Å². The molecule has 0 spiro atoms. The number of hydrogen-bond donors (Lipinski definition) is 2. The van der Waals surface area contributed by atoms with E-state index in [-0.39, 0.29) is 19.1 Å². The number of halogens is 2. The number of aliphatic hydroxyl groups is 1. The van der Waals surface area contributed by atoms with Crippen molar-refractivity contribution in [3.8, 4) is 0 Å². The molecular formula is C15H14BrClN2O2. The van der Waals surface area contributed by atoms with E-state index in [0.717, 1.165) is 0 Å². The second-order valence-corrected chi connectivity index (χ2v) is 5.75. The van der Waals surface area contributed by atoms with Gasteiger partial charge in [0, 0.05) is 21.6 Å². The highest BCUT2D eigenvalue weighted by atomic mass is 79.9. The third-order valence-corrected chi connectivity index (χ3v) is 3.58. The number of para-hydroxylation sites is 2. The van der Waals surface area contributed by atoms with Crippen LogP contribution in [0.4, 0.5) is 11.4 Å². The van der Waals surface area contributed by atoms with E-state index in [4.69, 9.17) is 17.3 Å². The van der Waals surface area contributed by atoms with Crippen molar-refractivity contribution in [1.29, 1.82) is 0 Å². The van der Waals surface area contributed by atoms with Crippen LogP contribution in [-0.2, 0) is 0 Å². The van der Waals surface area contributed by atoms with Crippen molar-refractivity contribution in [1.82, 2.24) is 0 Å². The van der Waals surface area contributed by atoms with Crippen LogP contribution in [-0.4, -0.2) is 24.2 Å². The fourth-order valence-corrected chi connectivity index (χ4v) is 2.86. The molecule has 0 saturated carbocycles. The van der Waals surface area contributed by atoms with Gasteiger partial charge in [-0.2, -0.15) is 0 Å². The van der Waals surface area contributed by atoms with Crippen LogP contribution in [0.3, 0.4) is 0 Å². The third kappa shape index (κ3) is 3.75. The number of hydrogen-bond acceptors (Lipinski definition) is 3. The van der Waals surface area contributed by atoms with Gasteiger partial charge < -0.3 is 15.7 Å². The molecule has 2 aromatic rings. The number of benzene rings is 2. The number of carbonyl (C=O) groups is 1. The van der Waals surface area contributed by atoms with Crippen LogP contribution < -0.4 is 10.6 Å². The number of carbonyl (C=O) groups excluding carboxylic acids is 1. The van der Waals surface area contributed by atoms with Crippen molar-refractivity contribution in [2.75, 3.05) is 23.8 Å². The average molecular weight is 370 g/mol. The molecule has 0 saturated heterocycles. The first-order valence-electron chi connectivity index (χ1n) is 6.26. The van der Waals surface area contributed by atoms with E-state index >= 15 is 0 Å². The van der Waals surface area contributed by atoms with Crippen molar-refractivity contribution in [3.63, 3.8) is 0 Å². The molecule has 0 bridgehead atoms. The summed E-state index contributed by atoms with van der Waals surface area (Å²) in [6.45, 7) is -0.0149. The van der Waals surface area contributed by atoms with Crippen molar-refractivity contribution in [3.05, 3.63) is 57.5 Å². The standard InChI is InChI=1S/C15H14BrClN2O2/c16-11-7-10(8-12(17)9-11)15(21)19(5-6-20)14-4-2-1-3-13(14)18/h1-4,7-9,20H,5-6,18H2. The molecule has 21 heavy (non-hydrogen) atoms. The van der Waals surface area contributed by atoms with E-state index in [1.807, 2.05) is 0 Å². The summed E-state index contributed by atoms with van der Waals surface area (Å²) in [5, 5.41) is 9.68. The quantitative estimate of drug-likeness (QED) is 0.812. The highest BCUT2D eigenvalue weighted by Gasteiger charge is 2.19. The maximum absolute atomic E-state index is 12.7. The molecule has 1 amide bonds. The van der Waals surface area contributed by atoms with E-state index in [2.05, 4.69) is 15.9 Å². The van der Waals surface area contributed by atoms with Crippen LogP contribution in [0.1, 0.15) is 10.4 Å². The molecular weight excluding hydrogens is 356 g/mol. The molecule has 3 N–H and O–H groups in total. The van der Waals surface area contributed by atoms with Gasteiger partial charge in [0.05, 0.1) is 18.0 Å². The number of nitrogens with two attached hydrogens (primary N) is 1. The molecule has 0 aliphatic rings. The van der Waals surface area contributed by atoms with Gasteiger partial charge in [0.15, 0.2) is 0 Å². The second kappa shape index (κ2) is 6.93. The Morgan fingerprint density at radius 3 is 2.62 bits per heavy atom. The monoisotopic (exact) mass is 368 g/mol. The minimum absolute atomic E-state index is 0.150. The molecule has 6 heteroatoms. The summed E-state index contributed by atoms with van der Waals surface area (Å²) >= 11 is 9.29. The van der Waals surface area contributed by atoms with Gasteiger partial charge in [-0.25, -0.2) is 0 Å². The molecule has 0 heterocycles. The topological polar surface area (TPSA) is 66.6 Å². The van der Waals surface area contributed by atoms with Crippen molar-refractivity contribution in [2.24, 2.45) is 0 Å². The molecule has 0 unspecified atom stereocenters. The van der Waals surface area contributed by atoms with Gasteiger partial charge in [-0.1, -0.05) is 39.7 Å². The maximum Gasteiger partial charge on any atom is 0.258 e. The number of anilines is 2. The lowest BCUT2D eigenvalue weighted by Gasteiger charge is -2.23. The first-order chi connectivity index (χ1) is 10.0. The Morgan fingerprint density at radius 1 is 1.29 bits per heavy atom. The highest BCUT2D eigenvalue weighted by molar-refractivity contribution is 9.10. The number of amides is 1. The van der Waals surface area contributed by atoms with Gasteiger partial charge in [0.1, 0.15) is 0 Å². The minimum atomic E-state index is -0.273. The lowest BCUT2D eigenvalue weighted by Crippen LogP contribution is -2.34. The third-order valence-electron chi connectivity index (χ3n) is 2.91. The summed E-state index contributed by atoms with van der Waals surface area (Å²) in [7, 11) is 0. The summed E-state index contributed by atoms with van der Waals surface area (Å²) in [6, 6.07) is 12.0. The van der Waals surface area contributed by atoms with Crippen LogP contribution in [0.5, 0.6) is 0 Å². The molecule has 0 fully saturated rings. The molecule has 0 aromatic heterocycles. The van der Waals surface area contributed by atoms with E-state index in [1.165, 1.54) is 4.90 Å². The van der Waals surface area contributed by atoms with Gasteiger partial charge in [0.2, 0.25) is 0 Å². The smallest absolute Gasteiger partial charge is 0.258 e. The van der Waals surface area contributed by atoms with Crippen molar-refractivity contribution in [2.45, 2.75) is 0 Å². The Morgan fingerprint density at radius 2 is 2.00 bits per heavy atom. The van der Waals surface area contributed by atoms with Gasteiger partial charge in [-0.05, 0) is 30.3 Å². The van der Waals surface area contributed by atoms with Crippen molar-refractivity contribution < 1.29 is 9.90 Å². The lowest BCUT2D eigenvalue weighted by molar-refractivity contribution is 0.0981. The van der Waals surface area contributed by atoms with Gasteiger partial charge in [0.25, 0.3) is 5.91 Å². The summed E-state index contributed by atoms with van der Waals surface area (Å²) < 4.78 is 0.711. The summed E-state index contributed by atoms with van der Waals surface area (Å²) in [5.74, 6) is -0.273. The predicted molar refractivity (Wildman–Crippen MR) is 88.8 cm³/mol. The van der Waals surface area contributed by atoms with Gasteiger partial charge in [-0.3, -0.25) is 4.79 Å². The van der Waals surface area contributed by atoms with Gasteiger partial charge >= 0.3 is 0 Å². The number of nitrogen functional groups attached to an aromatic ring is 1. The molecule has 110 valence electrons. The Labute approximate surface area is 136 Å². The van der Waals surface area contributed by atoms with E-state index in [9.17, 15) is 9.90 Å². The Kier molecular flexibility index (Phi) is 5.22. The first kappa shape index (κ1) is 15.8. The highest BCUT2D eigenvalue weighted by Crippen LogP contribution is 2.26. The molecule has 2 rings (SSSR count). The van der Waals surface area contributed by atoms with Gasteiger partial charge in [-0.15, -0.1) is 0 Å². The Hall–Kier alpha value is -1.56. The zero-order chi connectivity index (χ0) is 15.4. The normalized spacial score (nSPS) is 10.4. The molecule has 0 aliphatic carbocycles. The maximum atomic E-state index is 12.7. The van der Waals surface area contributed by atoms with Crippen LogP contribution >= 0.6 is 27.5 Å². The van der Waals surface area contributed by atoms with Crippen LogP contribution in [0.15, 0.2) is 46.9 Å². The largest absolute Gasteiger partial charge is 0.397 e. The number of nitrogens with zero attached hydrogens (tertiary/aromatic N) is 1. The lowest BCUT2D eigenvalue weighted by atomic mass is 10.1. The Bertz CT molecular complexity index is 644. The summed E-state index contributed by atoms with van der Waals surface area (Å²) in [6.07, 6.45) is 0. The summed E-state index contributed by atoms with van der Waals surface area (Å²) in [5.41, 5.74) is 7.37. The molecule has 0 atom stereocenters. The molecule has 2 aromatic carbocycles. The second-order valence-electron chi connectivity index (χ2n) is 4.40. The zero-order valence-corrected chi connectivity index (χ0v) is 13.4. The summed E-state index contributed by atoms with van der Waals surface area (Å²) in [4.78, 5) is 14.1. The van der Waals surface area contributed by atoms with Crippen LogP contribution in [0, 0.1) is 0 Å². The van der Waals surface area contributed by atoms with Crippen LogP contribution in [0.25, 0.3) is 0 Å².